The van der Waals surface area contributed by atoms with Gasteiger partial charge in [-0.15, -0.1) is 0 Å². The maximum absolute atomic E-state index is 5.56. The van der Waals surface area contributed by atoms with Gasteiger partial charge >= 0.3 is 0 Å². The first kappa shape index (κ1) is 19.8. The second-order valence-electron chi connectivity index (χ2n) is 8.38. The van der Waals surface area contributed by atoms with E-state index in [1.165, 1.54) is 5.56 Å². The number of fused-ring (bicyclic) bond motifs is 1. The smallest absolute Gasteiger partial charge is 0.156 e. The molecule has 1 fully saturated rings. The van der Waals surface area contributed by atoms with Gasteiger partial charge in [0.05, 0.1) is 41.3 Å². The predicted molar refractivity (Wildman–Crippen MR) is 124 cm³/mol. The zero-order valence-corrected chi connectivity index (χ0v) is 18.3. The molecule has 1 saturated heterocycles. The molecule has 0 amide bonds. The second-order valence-corrected chi connectivity index (χ2v) is 8.38. The van der Waals surface area contributed by atoms with Gasteiger partial charge in [0, 0.05) is 37.5 Å². The van der Waals surface area contributed by atoms with Crippen LogP contribution in [0.4, 0.5) is 5.69 Å². The Morgan fingerprint density at radius 1 is 1.10 bits per heavy atom. The van der Waals surface area contributed by atoms with Crippen LogP contribution in [0.15, 0.2) is 48.7 Å². The summed E-state index contributed by atoms with van der Waals surface area (Å²) in [6, 6.07) is 14.8. The molecule has 4 heterocycles. The van der Waals surface area contributed by atoms with E-state index in [0.29, 0.717) is 0 Å². The molecular weight excluding hydrogens is 388 g/mol. The van der Waals surface area contributed by atoms with E-state index in [0.717, 1.165) is 72.3 Å². The van der Waals surface area contributed by atoms with E-state index < -0.39 is 0 Å². The van der Waals surface area contributed by atoms with Crippen molar-refractivity contribution in [3.63, 3.8) is 0 Å². The third-order valence-corrected chi connectivity index (χ3v) is 5.63. The van der Waals surface area contributed by atoms with Crippen LogP contribution in [0.2, 0.25) is 0 Å². The molecule has 0 unspecified atom stereocenters. The zero-order chi connectivity index (χ0) is 21.4. The van der Waals surface area contributed by atoms with Crippen LogP contribution in [-0.2, 0) is 11.3 Å². The highest BCUT2D eigenvalue weighted by Gasteiger charge is 2.19. The Labute approximate surface area is 182 Å². The number of hydrogen-bond donors (Lipinski definition) is 1. The van der Waals surface area contributed by atoms with Crippen LogP contribution < -0.4 is 4.90 Å². The summed E-state index contributed by atoms with van der Waals surface area (Å²) in [5.41, 5.74) is 7.57. The number of nitrogens with zero attached hydrogens (tertiary/aromatic N) is 5. The Bertz CT molecular complexity index is 1200. The van der Waals surface area contributed by atoms with Crippen LogP contribution in [0, 0.1) is 6.92 Å². The number of anilines is 1. The Kier molecular flexibility index (Phi) is 5.21. The number of aromatic nitrogens is 4. The first-order valence-corrected chi connectivity index (χ1v) is 10.7. The van der Waals surface area contributed by atoms with Crippen LogP contribution >= 0.6 is 0 Å². The highest BCUT2D eigenvalue weighted by molar-refractivity contribution is 5.90. The third-order valence-electron chi connectivity index (χ3n) is 5.63. The number of ether oxygens (including phenoxy) is 1. The number of H-pyrrole nitrogens is 1. The fourth-order valence-corrected chi connectivity index (χ4v) is 4.17. The summed E-state index contributed by atoms with van der Waals surface area (Å²) < 4.78 is 7.56. The zero-order valence-electron chi connectivity index (χ0n) is 18.3. The van der Waals surface area contributed by atoms with Gasteiger partial charge in [-0.25, -0.2) is 9.67 Å². The van der Waals surface area contributed by atoms with Crippen molar-refractivity contribution in [2.45, 2.75) is 13.5 Å². The maximum Gasteiger partial charge on any atom is 0.156 e. The highest BCUT2D eigenvalue weighted by atomic mass is 16.5. The van der Waals surface area contributed by atoms with Crippen molar-refractivity contribution in [1.82, 2.24) is 24.6 Å². The molecule has 4 aromatic rings. The minimum absolute atomic E-state index is 0.741. The van der Waals surface area contributed by atoms with Crippen molar-refractivity contribution in [3.05, 3.63) is 59.9 Å². The Morgan fingerprint density at radius 2 is 1.94 bits per heavy atom. The van der Waals surface area contributed by atoms with Gasteiger partial charge in [0.25, 0.3) is 0 Å². The number of hydrogen-bond acceptors (Lipinski definition) is 5. The van der Waals surface area contributed by atoms with Crippen LogP contribution in [-0.4, -0.2) is 65.0 Å². The van der Waals surface area contributed by atoms with E-state index in [4.69, 9.17) is 14.8 Å². The van der Waals surface area contributed by atoms with Crippen molar-refractivity contribution in [3.8, 4) is 17.1 Å². The summed E-state index contributed by atoms with van der Waals surface area (Å²) in [7, 11) is 4.15. The first-order chi connectivity index (χ1) is 15.1. The molecule has 7 nitrogen and oxygen atoms in total. The molecule has 1 aromatic carbocycles. The quantitative estimate of drug-likeness (QED) is 0.538. The van der Waals surface area contributed by atoms with E-state index >= 15 is 0 Å². The van der Waals surface area contributed by atoms with E-state index in [-0.39, 0.29) is 0 Å². The summed E-state index contributed by atoms with van der Waals surface area (Å²) >= 11 is 0. The molecule has 5 rings (SSSR count). The van der Waals surface area contributed by atoms with Gasteiger partial charge in [-0.1, -0.05) is 23.8 Å². The topological polar surface area (TPSA) is 62.2 Å². The molecule has 3 aromatic heterocycles. The number of benzene rings is 1. The Balaban J connectivity index is 1.64. The number of nitrogens with one attached hydrogen (secondary N) is 1. The summed E-state index contributed by atoms with van der Waals surface area (Å²) in [5.74, 6) is 0.837. The number of aromatic amines is 1. The molecule has 0 saturated carbocycles. The average Bonchev–Trinajstić information content (AvgIpc) is 3.40. The molecule has 7 heteroatoms. The molecule has 1 aliphatic rings. The average molecular weight is 417 g/mol. The van der Waals surface area contributed by atoms with E-state index in [2.05, 4.69) is 72.2 Å². The normalized spacial score (nSPS) is 14.6. The van der Waals surface area contributed by atoms with Crippen LogP contribution in [0.25, 0.3) is 28.1 Å². The van der Waals surface area contributed by atoms with Gasteiger partial charge in [-0.3, -0.25) is 0 Å². The van der Waals surface area contributed by atoms with Gasteiger partial charge in [0.15, 0.2) is 5.82 Å². The van der Waals surface area contributed by atoms with E-state index in [1.54, 1.807) is 0 Å². The number of aryl methyl sites for hydroxylation is 1. The molecule has 0 radical (unpaired) electrons. The van der Waals surface area contributed by atoms with Gasteiger partial charge < -0.3 is 19.5 Å². The summed E-state index contributed by atoms with van der Waals surface area (Å²) in [6.45, 7) is 6.11. The lowest BCUT2D eigenvalue weighted by atomic mass is 10.1. The fourth-order valence-electron chi connectivity index (χ4n) is 4.17. The molecule has 0 aliphatic carbocycles. The Morgan fingerprint density at radius 3 is 2.71 bits per heavy atom. The van der Waals surface area contributed by atoms with Crippen molar-refractivity contribution < 1.29 is 4.74 Å². The summed E-state index contributed by atoms with van der Waals surface area (Å²) in [6.07, 6.45) is 1.95. The van der Waals surface area contributed by atoms with Crippen molar-refractivity contribution >= 4 is 16.7 Å². The van der Waals surface area contributed by atoms with Crippen molar-refractivity contribution in [1.29, 1.82) is 0 Å². The third kappa shape index (κ3) is 3.94. The van der Waals surface area contributed by atoms with Crippen LogP contribution in [0.3, 0.4) is 0 Å². The summed E-state index contributed by atoms with van der Waals surface area (Å²) in [5, 5.41) is 5.00. The van der Waals surface area contributed by atoms with Crippen molar-refractivity contribution in [2.24, 2.45) is 0 Å². The number of rotatable bonds is 5. The Hall–Kier alpha value is -3.16. The monoisotopic (exact) mass is 416 g/mol. The van der Waals surface area contributed by atoms with Crippen LogP contribution in [0.5, 0.6) is 0 Å². The molecule has 160 valence electrons. The van der Waals surface area contributed by atoms with Gasteiger partial charge in [-0.05, 0) is 39.2 Å². The van der Waals surface area contributed by atoms with E-state index in [9.17, 15) is 0 Å². The molecule has 1 N–H and O–H groups in total. The lowest BCUT2D eigenvalue weighted by molar-refractivity contribution is 0.123. The van der Waals surface area contributed by atoms with Gasteiger partial charge in [-0.2, -0.15) is 5.10 Å². The number of pyridine rings is 1. The minimum Gasteiger partial charge on any atom is -0.378 e. The summed E-state index contributed by atoms with van der Waals surface area (Å²) in [4.78, 5) is 12.8. The van der Waals surface area contributed by atoms with Crippen molar-refractivity contribution in [2.75, 3.05) is 45.3 Å². The molecule has 1 aliphatic heterocycles. The predicted octanol–water partition coefficient (Wildman–Crippen LogP) is 3.62. The fraction of sp³-hybridized carbons (Fsp3) is 0.333. The largest absolute Gasteiger partial charge is 0.378 e. The van der Waals surface area contributed by atoms with Gasteiger partial charge in [0.2, 0.25) is 0 Å². The molecule has 0 atom stereocenters. The molecule has 0 bridgehead atoms. The standard InChI is InChI=1S/C24H28N6O/c1-17-5-4-6-18(13-17)21-14-19(16-28(2)3)30(27-21)23-15-22(29-9-11-31-12-10-29)24-20(26-23)7-8-25-24/h4-8,13-15,25H,9-12,16H2,1-3H3. The number of morpholine rings is 1. The lowest BCUT2D eigenvalue weighted by Gasteiger charge is -2.29. The lowest BCUT2D eigenvalue weighted by Crippen LogP contribution is -2.36. The molecular formula is C24H28N6O. The minimum atomic E-state index is 0.741. The molecule has 0 spiro atoms. The second kappa shape index (κ2) is 8.17. The van der Waals surface area contributed by atoms with Crippen LogP contribution in [0.1, 0.15) is 11.3 Å². The maximum atomic E-state index is 5.56. The highest BCUT2D eigenvalue weighted by Crippen LogP contribution is 2.29. The van der Waals surface area contributed by atoms with E-state index in [1.807, 2.05) is 16.9 Å². The van der Waals surface area contributed by atoms with Gasteiger partial charge in [0.1, 0.15) is 0 Å². The SMILES string of the molecule is Cc1cccc(-c2cc(CN(C)C)n(-c3cc(N4CCOCC4)c4[nH]ccc4n3)n2)c1. The first-order valence-electron chi connectivity index (χ1n) is 10.7. The molecule has 31 heavy (non-hydrogen) atoms.